The van der Waals surface area contributed by atoms with Crippen LogP contribution in [0, 0.1) is 0 Å². The topological polar surface area (TPSA) is 77.5 Å². The summed E-state index contributed by atoms with van der Waals surface area (Å²) in [7, 11) is 1.63. The maximum atomic E-state index is 5.87. The highest BCUT2D eigenvalue weighted by Crippen LogP contribution is 2.26. The molecule has 2 aromatic carbocycles. The minimum atomic E-state index is 0.509. The summed E-state index contributed by atoms with van der Waals surface area (Å²) in [5.41, 5.74) is 10.2. The quantitative estimate of drug-likeness (QED) is 0.557. The molecule has 124 valence electrons. The van der Waals surface area contributed by atoms with E-state index in [9.17, 15) is 0 Å². The van der Waals surface area contributed by atoms with E-state index in [1.807, 2.05) is 66.9 Å². The van der Waals surface area contributed by atoms with E-state index in [1.165, 1.54) is 0 Å². The maximum Gasteiger partial charge on any atom is 0.247 e. The molecule has 0 spiro atoms. The molecular formula is C19H17N5O. The van der Waals surface area contributed by atoms with E-state index in [-0.39, 0.29) is 0 Å². The Morgan fingerprint density at radius 2 is 1.88 bits per heavy atom. The molecular weight excluding hydrogens is 314 g/mol. The molecule has 0 unspecified atom stereocenters. The molecule has 2 heterocycles. The third-order valence-electron chi connectivity index (χ3n) is 3.90. The SMILES string of the molecule is COc1ccccc1Nc1nc2ccc(-c3cccc(N)c3)cn2n1. The minimum Gasteiger partial charge on any atom is -0.495 e. The lowest BCUT2D eigenvalue weighted by Crippen LogP contribution is -1.96. The van der Waals surface area contributed by atoms with Crippen molar-refractivity contribution in [3.05, 3.63) is 66.9 Å². The van der Waals surface area contributed by atoms with Crippen molar-refractivity contribution < 1.29 is 4.74 Å². The smallest absolute Gasteiger partial charge is 0.247 e. The van der Waals surface area contributed by atoms with Crippen LogP contribution in [-0.2, 0) is 0 Å². The van der Waals surface area contributed by atoms with Crippen LogP contribution in [0.2, 0.25) is 0 Å². The molecule has 0 saturated carbocycles. The first-order valence-electron chi connectivity index (χ1n) is 7.85. The summed E-state index contributed by atoms with van der Waals surface area (Å²) in [4.78, 5) is 4.50. The van der Waals surface area contributed by atoms with Gasteiger partial charge < -0.3 is 15.8 Å². The third kappa shape index (κ3) is 2.97. The monoisotopic (exact) mass is 331 g/mol. The molecule has 6 nitrogen and oxygen atoms in total. The molecule has 0 aliphatic carbocycles. The first-order valence-corrected chi connectivity index (χ1v) is 7.85. The summed E-state index contributed by atoms with van der Waals surface area (Å²) < 4.78 is 7.09. The number of nitrogens with one attached hydrogen (secondary N) is 1. The van der Waals surface area contributed by atoms with Crippen LogP contribution in [0.4, 0.5) is 17.3 Å². The van der Waals surface area contributed by atoms with Crippen molar-refractivity contribution in [1.29, 1.82) is 0 Å². The first kappa shape index (κ1) is 15.0. The molecule has 6 heteroatoms. The van der Waals surface area contributed by atoms with Gasteiger partial charge in [0.15, 0.2) is 5.65 Å². The molecule has 0 amide bonds. The molecule has 2 aromatic heterocycles. The number of aromatic nitrogens is 3. The number of para-hydroxylation sites is 2. The summed E-state index contributed by atoms with van der Waals surface area (Å²) in [6.07, 6.45) is 1.94. The van der Waals surface area contributed by atoms with Gasteiger partial charge in [0, 0.05) is 17.4 Å². The first-order chi connectivity index (χ1) is 12.2. The summed E-state index contributed by atoms with van der Waals surface area (Å²) in [6.45, 7) is 0. The lowest BCUT2D eigenvalue weighted by atomic mass is 10.1. The predicted octanol–water partition coefficient (Wildman–Crippen LogP) is 3.73. The molecule has 0 aliphatic heterocycles. The van der Waals surface area contributed by atoms with Gasteiger partial charge in [-0.15, -0.1) is 5.10 Å². The Labute approximate surface area is 144 Å². The summed E-state index contributed by atoms with van der Waals surface area (Å²) in [6, 6.07) is 19.3. The Hall–Kier alpha value is -3.54. The van der Waals surface area contributed by atoms with Crippen molar-refractivity contribution in [2.45, 2.75) is 0 Å². The zero-order valence-corrected chi connectivity index (χ0v) is 13.7. The van der Waals surface area contributed by atoms with Crippen molar-refractivity contribution in [3.63, 3.8) is 0 Å². The number of hydrogen-bond acceptors (Lipinski definition) is 5. The van der Waals surface area contributed by atoms with Crippen molar-refractivity contribution in [2.75, 3.05) is 18.2 Å². The number of pyridine rings is 1. The fourth-order valence-electron chi connectivity index (χ4n) is 2.69. The number of nitrogen functional groups attached to an aromatic ring is 1. The van der Waals surface area contributed by atoms with Gasteiger partial charge in [0.05, 0.1) is 12.8 Å². The van der Waals surface area contributed by atoms with Crippen molar-refractivity contribution in [1.82, 2.24) is 14.6 Å². The summed E-state index contributed by atoms with van der Waals surface area (Å²) in [5.74, 6) is 1.25. The maximum absolute atomic E-state index is 5.87. The number of anilines is 3. The Balaban J connectivity index is 1.69. The molecule has 25 heavy (non-hydrogen) atoms. The molecule has 0 atom stereocenters. The zero-order chi connectivity index (χ0) is 17.2. The number of methoxy groups -OCH3 is 1. The van der Waals surface area contributed by atoms with Gasteiger partial charge in [-0.05, 0) is 42.0 Å². The number of rotatable bonds is 4. The van der Waals surface area contributed by atoms with Crippen LogP contribution < -0.4 is 15.8 Å². The average Bonchev–Trinajstić information content (AvgIpc) is 3.03. The van der Waals surface area contributed by atoms with Crippen molar-refractivity contribution >= 4 is 23.0 Å². The van der Waals surface area contributed by atoms with Crippen LogP contribution >= 0.6 is 0 Å². The Morgan fingerprint density at radius 1 is 1.00 bits per heavy atom. The number of nitrogens with two attached hydrogens (primary N) is 1. The number of ether oxygens (including phenoxy) is 1. The Morgan fingerprint density at radius 3 is 2.72 bits per heavy atom. The van der Waals surface area contributed by atoms with E-state index in [1.54, 1.807) is 11.6 Å². The largest absolute Gasteiger partial charge is 0.495 e. The van der Waals surface area contributed by atoms with Crippen LogP contribution in [0.15, 0.2) is 66.9 Å². The van der Waals surface area contributed by atoms with E-state index in [0.717, 1.165) is 33.9 Å². The van der Waals surface area contributed by atoms with E-state index in [0.29, 0.717) is 5.95 Å². The van der Waals surface area contributed by atoms with Gasteiger partial charge in [-0.3, -0.25) is 0 Å². The van der Waals surface area contributed by atoms with Gasteiger partial charge in [0.2, 0.25) is 5.95 Å². The number of hydrogen-bond donors (Lipinski definition) is 2. The highest BCUT2D eigenvalue weighted by molar-refractivity contribution is 5.69. The van der Waals surface area contributed by atoms with Gasteiger partial charge in [0.25, 0.3) is 0 Å². The standard InChI is InChI=1S/C19H17N5O/c1-25-17-8-3-2-7-16(17)21-19-22-18-10-9-14(12-24(18)23-19)13-5-4-6-15(20)11-13/h2-12H,20H2,1H3,(H,21,23). The average molecular weight is 331 g/mol. The highest BCUT2D eigenvalue weighted by Gasteiger charge is 2.08. The highest BCUT2D eigenvalue weighted by atomic mass is 16.5. The van der Waals surface area contributed by atoms with Crippen LogP contribution in [0.5, 0.6) is 5.75 Å². The molecule has 0 fully saturated rings. The molecule has 0 radical (unpaired) electrons. The normalized spacial score (nSPS) is 10.8. The Bertz CT molecular complexity index is 1040. The van der Waals surface area contributed by atoms with Gasteiger partial charge in [-0.1, -0.05) is 24.3 Å². The molecule has 4 rings (SSSR count). The van der Waals surface area contributed by atoms with Gasteiger partial charge in [-0.25, -0.2) is 4.52 Å². The molecule has 4 aromatic rings. The number of benzene rings is 2. The summed E-state index contributed by atoms with van der Waals surface area (Å²) in [5, 5.41) is 7.69. The fraction of sp³-hybridized carbons (Fsp3) is 0.0526. The van der Waals surface area contributed by atoms with E-state index in [4.69, 9.17) is 10.5 Å². The van der Waals surface area contributed by atoms with Gasteiger partial charge in [-0.2, -0.15) is 4.98 Å². The van der Waals surface area contributed by atoms with Crippen LogP contribution in [0.25, 0.3) is 16.8 Å². The van der Waals surface area contributed by atoms with Gasteiger partial charge >= 0.3 is 0 Å². The fourth-order valence-corrected chi connectivity index (χ4v) is 2.69. The molecule has 0 bridgehead atoms. The minimum absolute atomic E-state index is 0.509. The zero-order valence-electron chi connectivity index (χ0n) is 13.7. The number of nitrogens with zero attached hydrogens (tertiary/aromatic N) is 3. The lowest BCUT2D eigenvalue weighted by molar-refractivity contribution is 0.417. The molecule has 0 saturated heterocycles. The lowest BCUT2D eigenvalue weighted by Gasteiger charge is -2.07. The number of fused-ring (bicyclic) bond motifs is 1. The van der Waals surface area contributed by atoms with Gasteiger partial charge in [0.1, 0.15) is 5.75 Å². The van der Waals surface area contributed by atoms with E-state index >= 15 is 0 Å². The molecule has 3 N–H and O–H groups in total. The Kier molecular flexibility index (Phi) is 3.70. The second-order valence-corrected chi connectivity index (χ2v) is 5.61. The summed E-state index contributed by atoms with van der Waals surface area (Å²) >= 11 is 0. The second-order valence-electron chi connectivity index (χ2n) is 5.61. The van der Waals surface area contributed by atoms with Crippen molar-refractivity contribution in [3.8, 4) is 16.9 Å². The van der Waals surface area contributed by atoms with Crippen molar-refractivity contribution in [2.24, 2.45) is 0 Å². The van der Waals surface area contributed by atoms with E-state index in [2.05, 4.69) is 15.4 Å². The molecule has 0 aliphatic rings. The van der Waals surface area contributed by atoms with Crippen LogP contribution in [0.1, 0.15) is 0 Å². The third-order valence-corrected chi connectivity index (χ3v) is 3.90. The van der Waals surface area contributed by atoms with Crippen LogP contribution in [0.3, 0.4) is 0 Å². The van der Waals surface area contributed by atoms with E-state index < -0.39 is 0 Å². The second kappa shape index (κ2) is 6.16. The predicted molar refractivity (Wildman–Crippen MR) is 99.1 cm³/mol. The van der Waals surface area contributed by atoms with Crippen LogP contribution in [-0.4, -0.2) is 21.7 Å².